The number of aryl methyl sites for hydroxylation is 1. The van der Waals surface area contributed by atoms with E-state index in [1.165, 1.54) is 42.7 Å². The number of alkyl halides is 1. The van der Waals surface area contributed by atoms with Gasteiger partial charge in [0.05, 0.1) is 5.56 Å². The van der Waals surface area contributed by atoms with Gasteiger partial charge in [0.15, 0.2) is 0 Å². The standard InChI is InChI=1S/C21H37FO8Si2/c1-18-10-12-19(13-11-18)20(23)30-21(22,14-8-16-31(24-2,25-3)26-4)15-9-17-32(27-5,28-6)29-7/h10-13H,8-9,14-17H2,1-7H3. The maximum absolute atomic E-state index is 15.9. The van der Waals surface area contributed by atoms with Gasteiger partial charge in [-0.15, -0.1) is 0 Å². The molecule has 0 heterocycles. The number of rotatable bonds is 16. The van der Waals surface area contributed by atoms with Gasteiger partial charge in [-0.1, -0.05) is 17.7 Å². The molecule has 0 atom stereocenters. The van der Waals surface area contributed by atoms with Gasteiger partial charge in [-0.25, -0.2) is 4.79 Å². The highest BCUT2D eigenvalue weighted by Gasteiger charge is 2.42. The average Bonchev–Trinajstić information content (AvgIpc) is 2.80. The van der Waals surface area contributed by atoms with Crippen LogP contribution in [0.25, 0.3) is 0 Å². The predicted octanol–water partition coefficient (Wildman–Crippen LogP) is 4.13. The quantitative estimate of drug-likeness (QED) is 0.252. The molecule has 0 saturated carbocycles. The number of carbonyl (C=O) groups excluding carboxylic acids is 1. The highest BCUT2D eigenvalue weighted by Crippen LogP contribution is 2.32. The summed E-state index contributed by atoms with van der Waals surface area (Å²) < 4.78 is 53.7. The molecule has 0 aliphatic heterocycles. The summed E-state index contributed by atoms with van der Waals surface area (Å²) in [6, 6.07) is 7.57. The number of esters is 1. The van der Waals surface area contributed by atoms with Gasteiger partial charge in [-0.3, -0.25) is 0 Å². The van der Waals surface area contributed by atoms with Crippen LogP contribution in [0.2, 0.25) is 12.1 Å². The summed E-state index contributed by atoms with van der Waals surface area (Å²) in [4.78, 5) is 12.6. The lowest BCUT2D eigenvalue weighted by atomic mass is 10.1. The van der Waals surface area contributed by atoms with Gasteiger partial charge in [0.2, 0.25) is 0 Å². The number of ether oxygens (including phenoxy) is 1. The Morgan fingerprint density at radius 2 is 1.16 bits per heavy atom. The van der Waals surface area contributed by atoms with Crippen molar-refractivity contribution in [1.82, 2.24) is 0 Å². The van der Waals surface area contributed by atoms with E-state index >= 15 is 4.39 Å². The largest absolute Gasteiger partial charge is 0.500 e. The van der Waals surface area contributed by atoms with Crippen LogP contribution in [0.15, 0.2) is 24.3 Å². The van der Waals surface area contributed by atoms with E-state index in [1.807, 2.05) is 6.92 Å². The van der Waals surface area contributed by atoms with Crippen LogP contribution in [0.4, 0.5) is 4.39 Å². The third-order valence-corrected chi connectivity index (χ3v) is 11.2. The molecule has 0 saturated heterocycles. The first-order valence-corrected chi connectivity index (χ1v) is 14.3. The Kier molecular flexibility index (Phi) is 12.2. The molecule has 0 unspecified atom stereocenters. The Morgan fingerprint density at radius 3 is 1.50 bits per heavy atom. The first kappa shape index (κ1) is 28.8. The Hall–Kier alpha value is -1.19. The van der Waals surface area contributed by atoms with Gasteiger partial charge in [0, 0.05) is 67.6 Å². The van der Waals surface area contributed by atoms with Crippen LogP contribution in [0.5, 0.6) is 0 Å². The van der Waals surface area contributed by atoms with Crippen LogP contribution in [0, 0.1) is 6.92 Å². The van der Waals surface area contributed by atoms with Crippen molar-refractivity contribution in [2.45, 2.75) is 50.6 Å². The van der Waals surface area contributed by atoms with Gasteiger partial charge in [-0.05, 0) is 31.9 Å². The lowest BCUT2D eigenvalue weighted by molar-refractivity contribution is -0.115. The summed E-state index contributed by atoms with van der Waals surface area (Å²) in [5.74, 6) is -2.90. The fourth-order valence-electron chi connectivity index (χ4n) is 3.39. The second kappa shape index (κ2) is 13.5. The van der Waals surface area contributed by atoms with Gasteiger partial charge in [0.25, 0.3) is 5.85 Å². The second-order valence-corrected chi connectivity index (χ2v) is 13.6. The van der Waals surface area contributed by atoms with Crippen LogP contribution in [-0.4, -0.2) is 72.1 Å². The SMILES string of the molecule is CO[Si](CCCC(F)(CCC[Si](OC)(OC)OC)OC(=O)c1ccc(C)cc1)(OC)OC. The Labute approximate surface area is 193 Å². The van der Waals surface area contributed by atoms with E-state index in [4.69, 9.17) is 31.3 Å². The van der Waals surface area contributed by atoms with Crippen LogP contribution < -0.4 is 0 Å². The number of halogens is 1. The lowest BCUT2D eigenvalue weighted by Gasteiger charge is -2.29. The van der Waals surface area contributed by atoms with Gasteiger partial charge in [0.1, 0.15) is 0 Å². The smallest absolute Gasteiger partial charge is 0.425 e. The molecule has 32 heavy (non-hydrogen) atoms. The third kappa shape index (κ3) is 8.30. The molecule has 0 amide bonds. The topological polar surface area (TPSA) is 81.7 Å². The molecule has 184 valence electrons. The van der Waals surface area contributed by atoms with E-state index in [-0.39, 0.29) is 12.8 Å². The van der Waals surface area contributed by atoms with Gasteiger partial charge in [-0.2, -0.15) is 4.39 Å². The van der Waals surface area contributed by atoms with Crippen LogP contribution in [-0.2, 0) is 31.3 Å². The molecule has 1 aromatic rings. The van der Waals surface area contributed by atoms with Crippen molar-refractivity contribution in [3.63, 3.8) is 0 Å². The summed E-state index contributed by atoms with van der Waals surface area (Å²) in [5.41, 5.74) is 1.29. The summed E-state index contributed by atoms with van der Waals surface area (Å²) in [7, 11) is 3.29. The summed E-state index contributed by atoms with van der Waals surface area (Å²) in [6.07, 6.45) is 0.634. The molecular formula is C21H37FO8Si2. The maximum atomic E-state index is 15.9. The molecule has 0 fully saturated rings. The first-order valence-electron chi connectivity index (χ1n) is 10.5. The van der Waals surface area contributed by atoms with Crippen molar-refractivity contribution in [3.05, 3.63) is 35.4 Å². The zero-order valence-electron chi connectivity index (χ0n) is 20.2. The molecule has 0 radical (unpaired) electrons. The third-order valence-electron chi connectivity index (χ3n) is 5.50. The Balaban J connectivity index is 2.92. The molecule has 1 aromatic carbocycles. The summed E-state index contributed by atoms with van der Waals surface area (Å²) >= 11 is 0. The Bertz CT molecular complexity index is 638. The van der Waals surface area contributed by atoms with Crippen molar-refractivity contribution < 1.29 is 40.5 Å². The zero-order chi connectivity index (χ0) is 24.3. The van der Waals surface area contributed by atoms with E-state index in [2.05, 4.69) is 0 Å². The predicted molar refractivity (Wildman–Crippen MR) is 122 cm³/mol. The Morgan fingerprint density at radius 1 is 0.781 bits per heavy atom. The first-order chi connectivity index (χ1) is 15.2. The van der Waals surface area contributed by atoms with Crippen LogP contribution in [0.1, 0.15) is 41.6 Å². The van der Waals surface area contributed by atoms with Crippen molar-refractivity contribution in [2.24, 2.45) is 0 Å². The van der Waals surface area contributed by atoms with E-state index in [9.17, 15) is 4.79 Å². The van der Waals surface area contributed by atoms with Crippen LogP contribution in [0.3, 0.4) is 0 Å². The molecule has 0 aliphatic carbocycles. The average molecular weight is 493 g/mol. The zero-order valence-corrected chi connectivity index (χ0v) is 22.2. The number of hydrogen-bond acceptors (Lipinski definition) is 8. The van der Waals surface area contributed by atoms with E-state index in [0.717, 1.165) is 5.56 Å². The molecule has 8 nitrogen and oxygen atoms in total. The fourth-order valence-corrected chi connectivity index (χ4v) is 6.84. The fraction of sp³-hybridized carbons (Fsp3) is 0.667. The van der Waals surface area contributed by atoms with Gasteiger partial charge < -0.3 is 31.3 Å². The molecule has 0 spiro atoms. The molecule has 11 heteroatoms. The number of carbonyl (C=O) groups is 1. The van der Waals surface area contributed by atoms with Crippen molar-refractivity contribution in [2.75, 3.05) is 42.7 Å². The van der Waals surface area contributed by atoms with Crippen molar-refractivity contribution in [1.29, 1.82) is 0 Å². The molecule has 0 aliphatic rings. The van der Waals surface area contributed by atoms with E-state index < -0.39 is 29.4 Å². The van der Waals surface area contributed by atoms with Crippen LogP contribution >= 0.6 is 0 Å². The molecular weight excluding hydrogens is 455 g/mol. The summed E-state index contributed by atoms with van der Waals surface area (Å²) in [5, 5.41) is 0. The van der Waals surface area contributed by atoms with E-state index in [1.54, 1.807) is 24.3 Å². The lowest BCUT2D eigenvalue weighted by Crippen LogP contribution is -2.43. The van der Waals surface area contributed by atoms with Gasteiger partial charge >= 0.3 is 23.6 Å². The maximum Gasteiger partial charge on any atom is 0.500 e. The minimum absolute atomic E-state index is 0.0308. The highest BCUT2D eigenvalue weighted by molar-refractivity contribution is 6.60. The minimum Gasteiger partial charge on any atom is -0.425 e. The summed E-state index contributed by atoms with van der Waals surface area (Å²) in [6.45, 7) is 1.91. The monoisotopic (exact) mass is 492 g/mol. The van der Waals surface area contributed by atoms with E-state index in [0.29, 0.717) is 30.5 Å². The molecule has 0 bridgehead atoms. The van der Waals surface area contributed by atoms with Crippen molar-refractivity contribution >= 4 is 23.6 Å². The highest BCUT2D eigenvalue weighted by atomic mass is 28.4. The number of hydrogen-bond donors (Lipinski definition) is 0. The molecule has 0 aromatic heterocycles. The normalized spacial score (nSPS) is 12.8. The van der Waals surface area contributed by atoms with Crippen molar-refractivity contribution in [3.8, 4) is 0 Å². The minimum atomic E-state index is -2.87. The second-order valence-electron chi connectivity index (χ2n) is 7.44. The molecule has 0 N–H and O–H groups in total. The molecule has 1 rings (SSSR count). The number of benzene rings is 1.